The number of hydrogen-bond acceptors (Lipinski definition) is 10. The summed E-state index contributed by atoms with van der Waals surface area (Å²) in [5.41, 5.74) is 0. The molecular weight excluding hydrogens is 861 g/mol. The van der Waals surface area contributed by atoms with E-state index in [0.717, 1.165) is 10.6 Å². The second-order valence-corrected chi connectivity index (χ2v) is 21.2. The molecule has 56 heavy (non-hydrogen) atoms. The molecule has 0 aliphatic carbocycles. The Morgan fingerprint density at radius 2 is 0.571 bits per heavy atom. The third-order valence-electron chi connectivity index (χ3n) is 7.51. The van der Waals surface area contributed by atoms with E-state index in [2.05, 4.69) is 0 Å². The molecule has 6 aromatic rings. The van der Waals surface area contributed by atoms with Crippen LogP contribution >= 0.6 is 15.8 Å². The van der Waals surface area contributed by atoms with Crippen molar-refractivity contribution in [1.29, 1.82) is 0 Å². The average molecular weight is 889 g/mol. The van der Waals surface area contributed by atoms with E-state index in [0.29, 0.717) is 21.2 Å². The van der Waals surface area contributed by atoms with Gasteiger partial charge in [-0.05, 0) is 96.2 Å². The Morgan fingerprint density at radius 3 is 0.821 bits per heavy atom. The first-order valence-corrected chi connectivity index (χ1v) is 23.7. The first-order valence-electron chi connectivity index (χ1n) is 15.3. The van der Waals surface area contributed by atoms with Crippen LogP contribution in [0.15, 0.2) is 177 Å². The zero-order valence-electron chi connectivity index (χ0n) is 29.5. The summed E-state index contributed by atoms with van der Waals surface area (Å²) >= 11 is 0. The van der Waals surface area contributed by atoms with Crippen LogP contribution in [0.5, 0.6) is 0 Å². The van der Waals surface area contributed by atoms with E-state index in [1.165, 1.54) is 72.8 Å². The van der Waals surface area contributed by atoms with Crippen LogP contribution in [0, 0.1) is 0 Å². The van der Waals surface area contributed by atoms with Gasteiger partial charge < -0.3 is 9.11 Å². The van der Waals surface area contributed by atoms with Crippen molar-refractivity contribution >= 4 is 88.1 Å². The summed E-state index contributed by atoms with van der Waals surface area (Å²) in [5, 5.41) is 3.99. The van der Waals surface area contributed by atoms with Gasteiger partial charge in [0.15, 0.2) is 0 Å². The van der Waals surface area contributed by atoms with Crippen molar-refractivity contribution in [3.05, 3.63) is 158 Å². The molecule has 0 amide bonds. The Morgan fingerprint density at radius 1 is 0.339 bits per heavy atom. The molecule has 20 heteroatoms. The fourth-order valence-electron chi connectivity index (χ4n) is 5.17. The largest absolute Gasteiger partial charge is 1.00 e. The van der Waals surface area contributed by atoms with E-state index in [4.69, 9.17) is 0 Å². The summed E-state index contributed by atoms with van der Waals surface area (Å²) in [6.45, 7) is 0. The Hall–Kier alpha value is -2.18. The summed E-state index contributed by atoms with van der Waals surface area (Å²) in [5.74, 6) is 0. The van der Waals surface area contributed by atoms with Crippen LogP contribution < -0.4 is 90.9 Å². The molecule has 0 heterocycles. The number of rotatable bonds is 10. The summed E-state index contributed by atoms with van der Waals surface area (Å²) in [7, 11) is -20.7. The van der Waals surface area contributed by atoms with Crippen LogP contribution in [0.4, 0.5) is 0 Å². The summed E-state index contributed by atoms with van der Waals surface area (Å²) in [6.07, 6.45) is 0. The third kappa shape index (κ3) is 12.9. The SMILES string of the molecule is O=S(=O)([O-])c1cccc(P(c2ccccc2)c2cccc(S(=O)(=O)O)c2)c1.O=S(=O)([O-])c1cccc(P(c2ccccc2)c2cccc(S(=O)(=O)O)c2)c1.[Na+].[Na+]. The number of benzene rings is 6. The molecule has 0 spiro atoms. The molecule has 280 valence electrons. The van der Waals surface area contributed by atoms with Gasteiger partial charge in [0.05, 0.1) is 19.6 Å². The molecule has 0 saturated heterocycles. The molecule has 0 aromatic heterocycles. The molecule has 0 aliphatic rings. The van der Waals surface area contributed by atoms with Crippen LogP contribution in [0.2, 0.25) is 0 Å². The molecule has 2 N–H and O–H groups in total. The second kappa shape index (κ2) is 20.2. The fourth-order valence-corrected chi connectivity index (χ4v) is 12.3. The smallest absolute Gasteiger partial charge is 0.744 e. The molecule has 2 unspecified atom stereocenters. The van der Waals surface area contributed by atoms with Crippen LogP contribution in [0.1, 0.15) is 0 Å². The molecular formula is C36H28Na2O12P2S4. The Kier molecular flexibility index (Phi) is 17.4. The Bertz CT molecular complexity index is 2400. The van der Waals surface area contributed by atoms with Gasteiger partial charge in [-0.1, -0.05) is 109 Å². The average Bonchev–Trinajstić information content (AvgIpc) is 3.12. The third-order valence-corrected chi connectivity index (χ3v) is 15.7. The van der Waals surface area contributed by atoms with Gasteiger partial charge in [0, 0.05) is 0 Å². The molecule has 0 aliphatic heterocycles. The van der Waals surface area contributed by atoms with Gasteiger partial charge in [-0.2, -0.15) is 16.8 Å². The first kappa shape index (κ1) is 48.2. The van der Waals surface area contributed by atoms with Gasteiger partial charge in [0.25, 0.3) is 20.2 Å². The molecule has 0 saturated carbocycles. The van der Waals surface area contributed by atoms with Crippen molar-refractivity contribution in [1.82, 2.24) is 0 Å². The maximum absolute atomic E-state index is 11.5. The van der Waals surface area contributed by atoms with Gasteiger partial charge in [-0.3, -0.25) is 9.11 Å². The normalized spacial score (nSPS) is 12.8. The summed E-state index contributed by atoms with van der Waals surface area (Å²) < 4.78 is 133. The molecule has 6 aromatic carbocycles. The molecule has 2 atom stereocenters. The monoisotopic (exact) mass is 888 g/mol. The summed E-state index contributed by atoms with van der Waals surface area (Å²) in [4.78, 5) is -1.21. The minimum atomic E-state index is -4.63. The molecule has 0 bridgehead atoms. The summed E-state index contributed by atoms with van der Waals surface area (Å²) in [6, 6.07) is 41.3. The topological polar surface area (TPSA) is 223 Å². The zero-order valence-corrected chi connectivity index (χ0v) is 38.6. The van der Waals surface area contributed by atoms with E-state index in [1.54, 1.807) is 24.3 Å². The van der Waals surface area contributed by atoms with Crippen molar-refractivity contribution in [3.8, 4) is 0 Å². The van der Waals surface area contributed by atoms with Gasteiger partial charge in [-0.25, -0.2) is 16.8 Å². The standard InChI is InChI=1S/2C18H15O6PS2.2Na/c2*19-26(20,21)17-10-4-8-15(12-17)25(14-6-2-1-3-7-14)16-9-5-11-18(13-16)27(22,23)24;;/h2*1-13H,(H,19,20,21)(H,22,23,24);;/q;;2*+1/p-2. The predicted molar refractivity (Wildman–Crippen MR) is 206 cm³/mol. The van der Waals surface area contributed by atoms with Crippen LogP contribution in [0.3, 0.4) is 0 Å². The second-order valence-electron chi connectivity index (χ2n) is 11.2. The van der Waals surface area contributed by atoms with E-state index in [9.17, 15) is 51.9 Å². The van der Waals surface area contributed by atoms with E-state index in [1.807, 2.05) is 60.7 Å². The Balaban J connectivity index is 0.000000290. The molecule has 12 nitrogen and oxygen atoms in total. The van der Waals surface area contributed by atoms with E-state index < -0.39 is 56.3 Å². The minimum Gasteiger partial charge on any atom is -0.744 e. The van der Waals surface area contributed by atoms with Crippen molar-refractivity contribution in [2.45, 2.75) is 19.6 Å². The van der Waals surface area contributed by atoms with Crippen molar-refractivity contribution in [3.63, 3.8) is 0 Å². The maximum Gasteiger partial charge on any atom is 1.00 e. The van der Waals surface area contributed by atoms with Crippen molar-refractivity contribution in [2.24, 2.45) is 0 Å². The van der Waals surface area contributed by atoms with Crippen LogP contribution in [0.25, 0.3) is 0 Å². The van der Waals surface area contributed by atoms with Crippen molar-refractivity contribution < 1.29 is 111 Å². The van der Waals surface area contributed by atoms with E-state index >= 15 is 0 Å². The molecule has 0 radical (unpaired) electrons. The molecule has 0 fully saturated rings. The minimum absolute atomic E-state index is 0. The maximum atomic E-state index is 11.5. The van der Waals surface area contributed by atoms with Crippen molar-refractivity contribution in [2.75, 3.05) is 0 Å². The van der Waals surface area contributed by atoms with Crippen LogP contribution in [-0.4, -0.2) is 51.9 Å². The predicted octanol–water partition coefficient (Wildman–Crippen LogP) is -2.80. The zero-order chi connectivity index (χ0) is 39.3. The Labute approximate surface area is 372 Å². The number of hydrogen-bond donors (Lipinski definition) is 2. The first-order chi connectivity index (χ1) is 25.3. The van der Waals surface area contributed by atoms with E-state index in [-0.39, 0.29) is 78.7 Å². The van der Waals surface area contributed by atoms with Gasteiger partial charge in [0.1, 0.15) is 20.2 Å². The van der Waals surface area contributed by atoms with Gasteiger partial charge in [-0.15, -0.1) is 0 Å². The van der Waals surface area contributed by atoms with Gasteiger partial charge in [0.2, 0.25) is 0 Å². The van der Waals surface area contributed by atoms with Gasteiger partial charge >= 0.3 is 59.1 Å². The quantitative estimate of drug-likeness (QED) is 0.0810. The molecule has 6 rings (SSSR count). The van der Waals surface area contributed by atoms with Crippen LogP contribution in [-0.2, 0) is 40.5 Å². The fraction of sp³-hybridized carbons (Fsp3) is 0.